The van der Waals surface area contributed by atoms with Crippen molar-refractivity contribution in [3.8, 4) is 17.4 Å². The van der Waals surface area contributed by atoms with Gasteiger partial charge in [-0.05, 0) is 31.2 Å². The third kappa shape index (κ3) is 4.49. The maximum Gasteiger partial charge on any atom is 0.414 e. The van der Waals surface area contributed by atoms with Gasteiger partial charge in [-0.15, -0.1) is 0 Å². The SMILES string of the molecule is COc1ccc2ncc(F)c([C@H](O)CN3CC[C@@H]4CN(c5ccc6c(c5)OCCO6)C(=O)O[C@H]4C3)c2n1. The molecule has 0 radical (unpaired) electrons. The molecule has 3 atom stereocenters. The van der Waals surface area contributed by atoms with Gasteiger partial charge in [0.1, 0.15) is 30.7 Å². The number of amides is 1. The summed E-state index contributed by atoms with van der Waals surface area (Å²) in [7, 11) is 1.47. The van der Waals surface area contributed by atoms with Crippen molar-refractivity contribution < 1.29 is 33.2 Å². The number of ether oxygens (including phenoxy) is 4. The number of pyridine rings is 2. The van der Waals surface area contributed by atoms with Crippen LogP contribution in [0.25, 0.3) is 11.0 Å². The lowest BCUT2D eigenvalue weighted by Gasteiger charge is -2.44. The van der Waals surface area contributed by atoms with Gasteiger partial charge in [0.25, 0.3) is 0 Å². The van der Waals surface area contributed by atoms with Crippen LogP contribution in [0.3, 0.4) is 0 Å². The average Bonchev–Trinajstić information content (AvgIpc) is 2.91. The molecule has 5 heterocycles. The van der Waals surface area contributed by atoms with Crippen LogP contribution in [0.5, 0.6) is 17.4 Å². The molecule has 11 heteroatoms. The number of carbonyl (C=O) groups excluding carboxylic acids is 1. The molecule has 0 aliphatic carbocycles. The zero-order chi connectivity index (χ0) is 25.5. The Hall–Kier alpha value is -3.70. The van der Waals surface area contributed by atoms with Crippen molar-refractivity contribution in [3.05, 3.63) is 47.9 Å². The first-order valence-corrected chi connectivity index (χ1v) is 12.3. The summed E-state index contributed by atoms with van der Waals surface area (Å²) in [6.07, 6.45) is -0.0364. The van der Waals surface area contributed by atoms with Crippen molar-refractivity contribution in [2.24, 2.45) is 5.92 Å². The highest BCUT2D eigenvalue weighted by atomic mass is 19.1. The van der Waals surface area contributed by atoms with Crippen molar-refractivity contribution >= 4 is 22.8 Å². The Balaban J connectivity index is 1.14. The number of carbonyl (C=O) groups is 1. The molecule has 37 heavy (non-hydrogen) atoms. The predicted molar refractivity (Wildman–Crippen MR) is 131 cm³/mol. The quantitative estimate of drug-likeness (QED) is 0.555. The van der Waals surface area contributed by atoms with Crippen molar-refractivity contribution in [1.82, 2.24) is 14.9 Å². The normalized spacial score (nSPS) is 22.4. The summed E-state index contributed by atoms with van der Waals surface area (Å²) in [5.41, 5.74) is 1.52. The third-order valence-corrected chi connectivity index (χ3v) is 7.16. The highest BCUT2D eigenvalue weighted by Gasteiger charge is 2.40. The number of rotatable bonds is 5. The number of methoxy groups -OCH3 is 1. The van der Waals surface area contributed by atoms with Gasteiger partial charge < -0.3 is 24.1 Å². The summed E-state index contributed by atoms with van der Waals surface area (Å²) in [5.74, 6) is 1.09. The molecule has 1 N–H and O–H groups in total. The van der Waals surface area contributed by atoms with E-state index in [1.807, 2.05) is 11.0 Å². The Kier molecular flexibility index (Phi) is 6.17. The third-order valence-electron chi connectivity index (χ3n) is 7.16. The second kappa shape index (κ2) is 9.64. The molecular formula is C26H27FN4O6. The molecule has 1 amide bonds. The van der Waals surface area contributed by atoms with E-state index in [0.29, 0.717) is 61.4 Å². The van der Waals surface area contributed by atoms with Gasteiger partial charge in [0, 0.05) is 43.2 Å². The first kappa shape index (κ1) is 23.7. The van der Waals surface area contributed by atoms with E-state index in [0.717, 1.165) is 12.6 Å². The predicted octanol–water partition coefficient (Wildman–Crippen LogP) is 2.93. The molecule has 2 aromatic heterocycles. The molecule has 6 rings (SSSR count). The molecule has 0 unspecified atom stereocenters. The van der Waals surface area contributed by atoms with Gasteiger partial charge in [0.05, 0.1) is 30.6 Å². The van der Waals surface area contributed by atoms with Crippen molar-refractivity contribution in [2.45, 2.75) is 18.6 Å². The molecule has 3 aliphatic rings. The van der Waals surface area contributed by atoms with Gasteiger partial charge in [0.15, 0.2) is 11.5 Å². The molecule has 2 fully saturated rings. The number of β-amino-alcohol motifs (C(OH)–C–C–N with tert-alkyl or cyclic N) is 1. The molecule has 1 aromatic carbocycles. The number of nitrogens with zero attached hydrogens (tertiary/aromatic N) is 4. The number of anilines is 1. The molecule has 0 spiro atoms. The number of aliphatic hydroxyl groups excluding tert-OH is 1. The highest BCUT2D eigenvalue weighted by molar-refractivity contribution is 5.89. The van der Waals surface area contributed by atoms with E-state index in [9.17, 15) is 14.3 Å². The standard InChI is InChI=1S/C26H27FN4O6/c1-34-23-5-3-18-25(29-23)24(17(27)11-28-18)19(32)13-30-7-6-15-12-31(26(33)37-22(15)14-30)16-2-4-20-21(10-16)36-9-8-35-20/h2-5,10-11,15,19,22,32H,6-9,12-14H2,1H3/t15-,19-,22+/m1/s1. The van der Waals surface area contributed by atoms with Crippen molar-refractivity contribution in [3.63, 3.8) is 0 Å². The summed E-state index contributed by atoms with van der Waals surface area (Å²) >= 11 is 0. The molecule has 3 aromatic rings. The van der Waals surface area contributed by atoms with Crippen molar-refractivity contribution in [1.29, 1.82) is 0 Å². The number of aliphatic hydroxyl groups is 1. The number of likely N-dealkylation sites (tertiary alicyclic amines) is 1. The Morgan fingerprint density at radius 3 is 2.86 bits per heavy atom. The Morgan fingerprint density at radius 1 is 1.19 bits per heavy atom. The molecule has 0 saturated carbocycles. The lowest BCUT2D eigenvalue weighted by molar-refractivity contribution is -0.0188. The first-order chi connectivity index (χ1) is 18.0. The van der Waals surface area contributed by atoms with Crippen LogP contribution in [0.1, 0.15) is 18.1 Å². The molecule has 10 nitrogen and oxygen atoms in total. The molecule has 0 bridgehead atoms. The summed E-state index contributed by atoms with van der Waals surface area (Å²) < 4.78 is 37.0. The van der Waals surface area contributed by atoms with Crippen LogP contribution in [0.15, 0.2) is 36.5 Å². The monoisotopic (exact) mass is 510 g/mol. The van der Waals surface area contributed by atoms with Gasteiger partial charge >= 0.3 is 6.09 Å². The summed E-state index contributed by atoms with van der Waals surface area (Å²) in [6.45, 7) is 2.78. The number of fused-ring (bicyclic) bond motifs is 3. The highest BCUT2D eigenvalue weighted by Crippen LogP contribution is 2.37. The van der Waals surface area contributed by atoms with Crippen molar-refractivity contribution in [2.75, 3.05) is 51.4 Å². The number of hydrogen-bond acceptors (Lipinski definition) is 9. The molecule has 2 saturated heterocycles. The fraction of sp³-hybridized carbons (Fsp3) is 0.423. The topological polar surface area (TPSA) is 106 Å². The van der Waals surface area contributed by atoms with Gasteiger partial charge in [-0.1, -0.05) is 0 Å². The number of piperidine rings is 1. The van der Waals surface area contributed by atoms with Crippen LogP contribution in [-0.2, 0) is 4.74 Å². The van der Waals surface area contributed by atoms with E-state index >= 15 is 0 Å². The number of aromatic nitrogens is 2. The smallest absolute Gasteiger partial charge is 0.414 e. The molecular weight excluding hydrogens is 483 g/mol. The molecule has 3 aliphatic heterocycles. The van der Waals surface area contributed by atoms with Crippen LogP contribution in [0.4, 0.5) is 14.9 Å². The Labute approximate surface area is 212 Å². The minimum atomic E-state index is -1.14. The van der Waals surface area contributed by atoms with E-state index in [1.54, 1.807) is 29.2 Å². The average molecular weight is 511 g/mol. The fourth-order valence-electron chi connectivity index (χ4n) is 5.26. The Bertz CT molecular complexity index is 1340. The van der Waals surface area contributed by atoms with E-state index in [1.165, 1.54) is 7.11 Å². The summed E-state index contributed by atoms with van der Waals surface area (Å²) in [4.78, 5) is 24.9. The van der Waals surface area contributed by atoms with Gasteiger partial charge in [-0.3, -0.25) is 14.8 Å². The summed E-state index contributed by atoms with van der Waals surface area (Å²) in [5, 5.41) is 11.0. The minimum absolute atomic E-state index is 0.0800. The van der Waals surface area contributed by atoms with Gasteiger partial charge in [-0.25, -0.2) is 14.2 Å². The van der Waals surface area contributed by atoms with Gasteiger partial charge in [0.2, 0.25) is 5.88 Å². The number of halogens is 1. The largest absolute Gasteiger partial charge is 0.486 e. The zero-order valence-electron chi connectivity index (χ0n) is 20.3. The zero-order valence-corrected chi connectivity index (χ0v) is 20.3. The maximum atomic E-state index is 14.8. The van der Waals surface area contributed by atoms with Crippen LogP contribution in [0, 0.1) is 11.7 Å². The van der Waals surface area contributed by atoms with Gasteiger partial charge in [-0.2, -0.15) is 0 Å². The number of hydrogen-bond donors (Lipinski definition) is 1. The van der Waals surface area contributed by atoms with Crippen LogP contribution < -0.4 is 19.1 Å². The lowest BCUT2D eigenvalue weighted by atomic mass is 9.91. The second-order valence-corrected chi connectivity index (χ2v) is 9.43. The summed E-state index contributed by atoms with van der Waals surface area (Å²) in [6, 6.07) is 8.76. The van der Waals surface area contributed by atoms with E-state index in [4.69, 9.17) is 18.9 Å². The Morgan fingerprint density at radius 2 is 2.03 bits per heavy atom. The van der Waals surface area contributed by atoms with E-state index in [-0.39, 0.29) is 29.6 Å². The lowest BCUT2D eigenvalue weighted by Crippen LogP contribution is -2.56. The van der Waals surface area contributed by atoms with Crippen LogP contribution >= 0.6 is 0 Å². The molecule has 194 valence electrons. The maximum absolute atomic E-state index is 14.8. The van der Waals surface area contributed by atoms with Crippen LogP contribution in [-0.4, -0.2) is 78.7 Å². The second-order valence-electron chi connectivity index (χ2n) is 9.43. The first-order valence-electron chi connectivity index (χ1n) is 12.3. The van der Waals surface area contributed by atoms with Crippen LogP contribution in [0.2, 0.25) is 0 Å². The van der Waals surface area contributed by atoms with E-state index in [2.05, 4.69) is 9.97 Å². The number of benzene rings is 1. The van der Waals surface area contributed by atoms with E-state index < -0.39 is 18.0 Å². The minimum Gasteiger partial charge on any atom is -0.486 e. The fourth-order valence-corrected chi connectivity index (χ4v) is 5.26.